The minimum atomic E-state index is -0.563. The Labute approximate surface area is 156 Å². The number of rotatable bonds is 3. The summed E-state index contributed by atoms with van der Waals surface area (Å²) in [5, 5.41) is 13.3. The van der Waals surface area contributed by atoms with Crippen LogP contribution in [0.5, 0.6) is 0 Å². The van der Waals surface area contributed by atoms with Crippen LogP contribution < -0.4 is 10.5 Å². The van der Waals surface area contributed by atoms with Crippen LogP contribution in [-0.4, -0.2) is 27.5 Å². The number of fused-ring (bicyclic) bond motifs is 1. The number of carbonyl (C=O) groups is 2. The zero-order valence-electron chi connectivity index (χ0n) is 15.7. The van der Waals surface area contributed by atoms with Gasteiger partial charge in [0.1, 0.15) is 18.2 Å². The number of carbonyl (C=O) groups excluding carboxylic acids is 2. The maximum absolute atomic E-state index is 12.7. The molecular weight excluding hydrogens is 344 g/mol. The number of nitrogens with zero attached hydrogens (tertiary/aromatic N) is 4. The molecule has 0 radical (unpaired) electrons. The van der Waals surface area contributed by atoms with Gasteiger partial charge in [0.25, 0.3) is 5.56 Å². The van der Waals surface area contributed by atoms with Crippen molar-refractivity contribution in [1.82, 2.24) is 9.78 Å². The predicted molar refractivity (Wildman–Crippen MR) is 99.8 cm³/mol. The molecule has 0 fully saturated rings. The summed E-state index contributed by atoms with van der Waals surface area (Å²) in [6, 6.07) is 7.14. The summed E-state index contributed by atoms with van der Waals surface area (Å²) in [5.41, 5.74) is 2.72. The molecule has 2 heterocycles. The number of hydrogen-bond acceptors (Lipinski definition) is 5. The van der Waals surface area contributed by atoms with E-state index in [2.05, 4.69) is 5.10 Å². The normalized spacial score (nSPS) is 15.4. The lowest BCUT2D eigenvalue weighted by atomic mass is 10.0. The summed E-state index contributed by atoms with van der Waals surface area (Å²) >= 11 is 0. The van der Waals surface area contributed by atoms with Crippen molar-refractivity contribution in [2.24, 2.45) is 0 Å². The molecule has 0 saturated heterocycles. The number of ketones is 1. The number of aromatic nitrogens is 2. The molecule has 27 heavy (non-hydrogen) atoms. The molecule has 7 heteroatoms. The van der Waals surface area contributed by atoms with Crippen LogP contribution in [0.2, 0.25) is 0 Å². The van der Waals surface area contributed by atoms with Crippen molar-refractivity contribution in [3.8, 4) is 6.07 Å². The van der Waals surface area contributed by atoms with Gasteiger partial charge in [-0.1, -0.05) is 0 Å². The molecule has 7 nitrogen and oxygen atoms in total. The molecule has 0 N–H and O–H groups in total. The van der Waals surface area contributed by atoms with Crippen molar-refractivity contribution in [2.45, 2.75) is 46.7 Å². The Bertz CT molecular complexity index is 1060. The van der Waals surface area contributed by atoms with Gasteiger partial charge in [-0.3, -0.25) is 14.4 Å². The fraction of sp³-hybridized carbons (Fsp3) is 0.350. The Balaban J connectivity index is 1.93. The molecule has 1 aliphatic heterocycles. The van der Waals surface area contributed by atoms with E-state index in [1.807, 2.05) is 13.0 Å². The smallest absolute Gasteiger partial charge is 0.285 e. The first-order chi connectivity index (χ1) is 12.7. The maximum atomic E-state index is 12.7. The van der Waals surface area contributed by atoms with Crippen LogP contribution in [-0.2, 0) is 17.8 Å². The molecule has 1 aromatic carbocycles. The minimum Gasteiger partial charge on any atom is -0.309 e. The summed E-state index contributed by atoms with van der Waals surface area (Å²) in [4.78, 5) is 38.6. The van der Waals surface area contributed by atoms with Gasteiger partial charge < -0.3 is 4.90 Å². The first kappa shape index (κ1) is 18.5. The van der Waals surface area contributed by atoms with Gasteiger partial charge >= 0.3 is 0 Å². The minimum absolute atomic E-state index is 0.00942. The lowest BCUT2D eigenvalue weighted by Gasteiger charge is -2.20. The monoisotopic (exact) mass is 364 g/mol. The average molecular weight is 364 g/mol. The van der Waals surface area contributed by atoms with Gasteiger partial charge in [-0.15, -0.1) is 0 Å². The Morgan fingerprint density at radius 3 is 2.67 bits per heavy atom. The fourth-order valence-corrected chi connectivity index (χ4v) is 3.52. The SMILES string of the molecule is CC(=O)N1c2ccc(C(=O)Cn3nc(C)c(C)c(C#N)c3=O)cc2CC1C. The second-order valence-corrected chi connectivity index (χ2v) is 6.87. The third-order valence-electron chi connectivity index (χ3n) is 5.00. The number of hydrogen-bond donors (Lipinski definition) is 0. The predicted octanol–water partition coefficient (Wildman–Crippen LogP) is 1.91. The van der Waals surface area contributed by atoms with Crippen LogP contribution in [0, 0.1) is 25.2 Å². The summed E-state index contributed by atoms with van der Waals surface area (Å²) in [5.74, 6) is -0.302. The Kier molecular flexibility index (Phi) is 4.66. The number of benzene rings is 1. The maximum Gasteiger partial charge on any atom is 0.285 e. The van der Waals surface area contributed by atoms with Crippen LogP contribution in [0.15, 0.2) is 23.0 Å². The number of aryl methyl sites for hydroxylation is 1. The van der Waals surface area contributed by atoms with Crippen LogP contribution in [0.4, 0.5) is 5.69 Å². The highest BCUT2D eigenvalue weighted by Gasteiger charge is 2.29. The highest BCUT2D eigenvalue weighted by molar-refractivity contribution is 5.99. The lowest BCUT2D eigenvalue weighted by Crippen LogP contribution is -2.33. The van der Waals surface area contributed by atoms with Gasteiger partial charge in [0.05, 0.1) is 5.69 Å². The zero-order chi connectivity index (χ0) is 19.9. The topological polar surface area (TPSA) is 96.1 Å². The van der Waals surface area contributed by atoms with Gasteiger partial charge in [-0.25, -0.2) is 4.68 Å². The van der Waals surface area contributed by atoms with E-state index in [9.17, 15) is 19.6 Å². The summed E-state index contributed by atoms with van der Waals surface area (Å²) in [6.07, 6.45) is 0.677. The van der Waals surface area contributed by atoms with Crippen LogP contribution >= 0.6 is 0 Å². The van der Waals surface area contributed by atoms with Crippen molar-refractivity contribution >= 4 is 17.4 Å². The van der Waals surface area contributed by atoms with E-state index >= 15 is 0 Å². The highest BCUT2D eigenvalue weighted by Crippen LogP contribution is 2.33. The standard InChI is InChI=1S/C20H20N4O3/c1-11-7-16-8-15(5-6-18(16)24(11)14(4)25)19(26)10-23-20(27)17(9-21)12(2)13(3)22-23/h5-6,8,11H,7,10H2,1-4H3. The molecule has 2 aromatic rings. The number of amides is 1. The molecule has 1 aliphatic rings. The van der Waals surface area contributed by atoms with Crippen LogP contribution in [0.3, 0.4) is 0 Å². The van der Waals surface area contributed by atoms with E-state index < -0.39 is 5.56 Å². The van der Waals surface area contributed by atoms with Gasteiger partial charge in [-0.2, -0.15) is 10.4 Å². The Hall–Kier alpha value is -3.27. The van der Waals surface area contributed by atoms with E-state index in [1.165, 1.54) is 6.92 Å². The average Bonchev–Trinajstić information content (AvgIpc) is 2.95. The molecule has 138 valence electrons. The quantitative estimate of drug-likeness (QED) is 0.775. The molecule has 0 bridgehead atoms. The third-order valence-corrected chi connectivity index (χ3v) is 5.00. The summed E-state index contributed by atoms with van der Waals surface area (Å²) in [7, 11) is 0. The number of nitriles is 1. The lowest BCUT2D eigenvalue weighted by molar-refractivity contribution is -0.116. The van der Waals surface area contributed by atoms with E-state index in [1.54, 1.807) is 36.9 Å². The molecular formula is C20H20N4O3. The first-order valence-corrected chi connectivity index (χ1v) is 8.69. The second kappa shape index (κ2) is 6.80. The molecule has 0 saturated carbocycles. The van der Waals surface area contributed by atoms with Crippen molar-refractivity contribution in [2.75, 3.05) is 4.90 Å². The zero-order valence-corrected chi connectivity index (χ0v) is 15.7. The van der Waals surface area contributed by atoms with E-state index in [4.69, 9.17) is 0 Å². The first-order valence-electron chi connectivity index (χ1n) is 8.69. The largest absolute Gasteiger partial charge is 0.309 e. The van der Waals surface area contributed by atoms with Crippen molar-refractivity contribution < 1.29 is 9.59 Å². The summed E-state index contributed by atoms with van der Waals surface area (Å²) < 4.78 is 1.04. The van der Waals surface area contributed by atoms with Crippen molar-refractivity contribution in [1.29, 1.82) is 5.26 Å². The molecule has 3 rings (SSSR count). The highest BCUT2D eigenvalue weighted by atomic mass is 16.2. The van der Waals surface area contributed by atoms with Gasteiger partial charge in [-0.05, 0) is 56.5 Å². The van der Waals surface area contributed by atoms with E-state index in [-0.39, 0.29) is 29.8 Å². The van der Waals surface area contributed by atoms with E-state index in [0.717, 1.165) is 15.9 Å². The van der Waals surface area contributed by atoms with E-state index in [0.29, 0.717) is 23.2 Å². The molecule has 1 unspecified atom stereocenters. The molecule has 1 atom stereocenters. The molecule has 0 aliphatic carbocycles. The molecule has 1 amide bonds. The Morgan fingerprint density at radius 2 is 2.04 bits per heavy atom. The Morgan fingerprint density at radius 1 is 1.33 bits per heavy atom. The third kappa shape index (κ3) is 3.14. The van der Waals surface area contributed by atoms with Crippen LogP contribution in [0.25, 0.3) is 0 Å². The molecule has 0 spiro atoms. The van der Waals surface area contributed by atoms with Gasteiger partial charge in [0.2, 0.25) is 5.91 Å². The van der Waals surface area contributed by atoms with Gasteiger partial charge in [0, 0.05) is 24.2 Å². The number of anilines is 1. The van der Waals surface area contributed by atoms with Crippen LogP contribution in [0.1, 0.15) is 46.6 Å². The van der Waals surface area contributed by atoms with Crippen molar-refractivity contribution in [3.05, 3.63) is 56.5 Å². The summed E-state index contributed by atoms with van der Waals surface area (Å²) in [6.45, 7) is 6.61. The number of Topliss-reactive ketones (excluding diaryl/α,β-unsaturated/α-hetero) is 1. The molecule has 1 aromatic heterocycles. The fourth-order valence-electron chi connectivity index (χ4n) is 3.52. The van der Waals surface area contributed by atoms with Crippen molar-refractivity contribution in [3.63, 3.8) is 0 Å². The second-order valence-electron chi connectivity index (χ2n) is 6.87. The van der Waals surface area contributed by atoms with Gasteiger partial charge in [0.15, 0.2) is 5.78 Å².